The van der Waals surface area contributed by atoms with Crippen LogP contribution in [0.2, 0.25) is 0 Å². The van der Waals surface area contributed by atoms with Crippen LogP contribution >= 0.6 is 0 Å². The first-order valence-corrected chi connectivity index (χ1v) is 14.6. The highest BCUT2D eigenvalue weighted by Crippen LogP contribution is 2.48. The number of piperidine rings is 1. The van der Waals surface area contributed by atoms with E-state index < -0.39 is 41.7 Å². The monoisotopic (exact) mass is 579 g/mol. The van der Waals surface area contributed by atoms with Gasteiger partial charge in [-0.3, -0.25) is 14.5 Å². The van der Waals surface area contributed by atoms with Crippen molar-refractivity contribution in [1.29, 1.82) is 0 Å². The fraction of sp³-hybridized carbons (Fsp3) is 0.531. The Morgan fingerprint density at radius 3 is 2.57 bits per heavy atom. The number of cyclic esters (lactones) is 1. The molecular weight excluding hydrogens is 541 g/mol. The van der Waals surface area contributed by atoms with Crippen molar-refractivity contribution in [2.45, 2.75) is 102 Å². The molecule has 3 heterocycles. The zero-order valence-electron chi connectivity index (χ0n) is 24.6. The molecule has 9 nitrogen and oxygen atoms in total. The second kappa shape index (κ2) is 10.1. The van der Waals surface area contributed by atoms with Crippen LogP contribution < -0.4 is 11.1 Å². The van der Waals surface area contributed by atoms with Crippen molar-refractivity contribution < 1.29 is 33.0 Å². The largest absolute Gasteiger partial charge is 0.451 e. The second-order valence-electron chi connectivity index (χ2n) is 13.4. The van der Waals surface area contributed by atoms with Gasteiger partial charge in [-0.25, -0.2) is 9.18 Å². The van der Waals surface area contributed by atoms with E-state index in [0.29, 0.717) is 16.7 Å². The van der Waals surface area contributed by atoms with Crippen LogP contribution in [0, 0.1) is 11.7 Å². The summed E-state index contributed by atoms with van der Waals surface area (Å²) in [6.45, 7) is 9.52. The number of likely N-dealkylation sites (tertiary alicyclic amines) is 1. The van der Waals surface area contributed by atoms with Gasteiger partial charge in [-0.2, -0.15) is 0 Å². The molecular formula is C32H38FN3O6. The maximum absolute atomic E-state index is 15.4. The molecule has 3 N–H and O–H groups in total. The number of carbonyl (C=O) groups is 3. The Kier molecular flexibility index (Phi) is 6.94. The van der Waals surface area contributed by atoms with Gasteiger partial charge in [-0.1, -0.05) is 24.3 Å². The number of rotatable bonds is 8. The van der Waals surface area contributed by atoms with Gasteiger partial charge in [-0.05, 0) is 88.6 Å². The summed E-state index contributed by atoms with van der Waals surface area (Å²) >= 11 is 0. The molecule has 0 spiro atoms. The number of ether oxygens (including phenoxy) is 3. The van der Waals surface area contributed by atoms with Crippen LogP contribution in [-0.4, -0.2) is 58.9 Å². The van der Waals surface area contributed by atoms with E-state index in [2.05, 4.69) is 10.2 Å². The lowest BCUT2D eigenvalue weighted by Gasteiger charge is -2.34. The molecule has 2 saturated heterocycles. The molecule has 3 fully saturated rings. The fourth-order valence-electron chi connectivity index (χ4n) is 6.82. The third-order valence-electron chi connectivity index (χ3n) is 8.80. The number of hydrogen-bond donors (Lipinski definition) is 2. The quantitative estimate of drug-likeness (QED) is 0.361. The zero-order valence-corrected chi connectivity index (χ0v) is 24.6. The summed E-state index contributed by atoms with van der Waals surface area (Å²) in [5.41, 5.74) is 7.33. The molecule has 42 heavy (non-hydrogen) atoms. The number of nitrogens with zero attached hydrogens (tertiary/aromatic N) is 1. The molecule has 1 saturated carbocycles. The third kappa shape index (κ3) is 5.31. The predicted molar refractivity (Wildman–Crippen MR) is 151 cm³/mol. The Labute approximate surface area is 244 Å². The average molecular weight is 580 g/mol. The van der Waals surface area contributed by atoms with E-state index in [-0.39, 0.29) is 41.7 Å². The predicted octanol–water partition coefficient (Wildman–Crippen LogP) is 3.76. The molecule has 2 bridgehead atoms. The zero-order chi connectivity index (χ0) is 30.1. The van der Waals surface area contributed by atoms with Gasteiger partial charge in [0.1, 0.15) is 17.5 Å². The number of esters is 1. The van der Waals surface area contributed by atoms with Crippen LogP contribution in [0.15, 0.2) is 36.4 Å². The summed E-state index contributed by atoms with van der Waals surface area (Å²) in [4.78, 5) is 40.4. The maximum atomic E-state index is 15.4. The first-order chi connectivity index (χ1) is 19.7. The number of epoxide rings is 1. The Morgan fingerprint density at radius 1 is 1.17 bits per heavy atom. The van der Waals surface area contributed by atoms with E-state index >= 15 is 4.39 Å². The van der Waals surface area contributed by atoms with Crippen molar-refractivity contribution in [2.75, 3.05) is 0 Å². The summed E-state index contributed by atoms with van der Waals surface area (Å²) in [5.74, 6) is -1.84. The number of fused-ring (bicyclic) bond motifs is 3. The maximum Gasteiger partial charge on any atom is 0.339 e. The minimum Gasteiger partial charge on any atom is -0.451 e. The Bertz CT molecular complexity index is 1450. The molecule has 6 atom stereocenters. The van der Waals surface area contributed by atoms with Gasteiger partial charge in [0.05, 0.1) is 17.2 Å². The standard InChI is InChI=1S/C32H38FN3O6/c1-31(2,3)42-30-28(40-30)36-20-10-8-19(12-20)25(36)27(38)35-24(26(34)37)15-18-7-6-17(14-23(18)33)16-9-11-22-21(13-16)29(39)41-32(22,4)5/h6-7,9,11,13-14,19-20,24-25,28,30H,8,10,12,15H2,1-5H3,(H2,34,37)(H,35,38)/t19-,20+,24-,25-,28?,30?/m0/s1. The first kappa shape index (κ1) is 28.8. The highest BCUT2D eigenvalue weighted by Gasteiger charge is 2.59. The van der Waals surface area contributed by atoms with E-state index in [4.69, 9.17) is 19.9 Å². The number of hydrogen-bond acceptors (Lipinski definition) is 7. The number of nitrogens with one attached hydrogen (secondary N) is 1. The van der Waals surface area contributed by atoms with Crippen molar-refractivity contribution in [2.24, 2.45) is 11.7 Å². The van der Waals surface area contributed by atoms with Crippen LogP contribution in [0.3, 0.4) is 0 Å². The van der Waals surface area contributed by atoms with E-state index in [1.165, 1.54) is 6.07 Å². The number of amides is 2. The average Bonchev–Trinajstić information content (AvgIpc) is 3.22. The molecule has 3 aliphatic heterocycles. The summed E-state index contributed by atoms with van der Waals surface area (Å²) in [6.07, 6.45) is 1.99. The van der Waals surface area contributed by atoms with Crippen molar-refractivity contribution in [3.05, 3.63) is 58.9 Å². The van der Waals surface area contributed by atoms with E-state index in [1.807, 2.05) is 46.8 Å². The number of nitrogens with two attached hydrogens (primary N) is 1. The van der Waals surface area contributed by atoms with Crippen molar-refractivity contribution >= 4 is 17.8 Å². The normalized spacial score (nSPS) is 28.3. The lowest BCUT2D eigenvalue weighted by atomic mass is 9.92. The molecule has 2 aromatic carbocycles. The van der Waals surface area contributed by atoms with Crippen LogP contribution in [0.4, 0.5) is 4.39 Å². The van der Waals surface area contributed by atoms with Crippen LogP contribution in [-0.2, 0) is 35.8 Å². The number of carbonyl (C=O) groups excluding carboxylic acids is 3. The summed E-state index contributed by atoms with van der Waals surface area (Å²) in [7, 11) is 0. The molecule has 0 aromatic heterocycles. The molecule has 4 aliphatic rings. The topological polar surface area (TPSA) is 123 Å². The molecule has 224 valence electrons. The lowest BCUT2D eigenvalue weighted by molar-refractivity contribution is -0.133. The minimum atomic E-state index is -1.09. The van der Waals surface area contributed by atoms with Gasteiger partial charge < -0.3 is 25.3 Å². The molecule has 6 rings (SSSR count). The van der Waals surface area contributed by atoms with Gasteiger partial charge in [0.2, 0.25) is 11.8 Å². The second-order valence-corrected chi connectivity index (χ2v) is 13.4. The van der Waals surface area contributed by atoms with Gasteiger partial charge in [0.25, 0.3) is 0 Å². The summed E-state index contributed by atoms with van der Waals surface area (Å²) < 4.78 is 32.6. The molecule has 2 amide bonds. The van der Waals surface area contributed by atoms with E-state index in [1.54, 1.807) is 18.2 Å². The Balaban J connectivity index is 1.16. The van der Waals surface area contributed by atoms with Crippen molar-refractivity contribution in [1.82, 2.24) is 10.2 Å². The number of benzene rings is 2. The Morgan fingerprint density at radius 2 is 1.88 bits per heavy atom. The smallest absolute Gasteiger partial charge is 0.339 e. The SMILES string of the molecule is CC(C)(C)OC1OC1N1[C@@H]2CC[C@@H](C2)[C@H]1C(=O)N[C@@H](Cc1ccc(-c2ccc3c(c2)C(=O)OC3(C)C)cc1F)C(N)=O. The first-order valence-electron chi connectivity index (χ1n) is 14.6. The van der Waals surface area contributed by atoms with Crippen LogP contribution in [0.5, 0.6) is 0 Å². The highest BCUT2D eigenvalue weighted by molar-refractivity contribution is 5.96. The van der Waals surface area contributed by atoms with Gasteiger partial charge in [-0.15, -0.1) is 0 Å². The summed E-state index contributed by atoms with van der Waals surface area (Å²) in [5, 5.41) is 2.81. The van der Waals surface area contributed by atoms with E-state index in [9.17, 15) is 14.4 Å². The van der Waals surface area contributed by atoms with Crippen LogP contribution in [0.25, 0.3) is 11.1 Å². The number of halogens is 1. The lowest BCUT2D eigenvalue weighted by Crippen LogP contribution is -2.56. The van der Waals surface area contributed by atoms with Crippen molar-refractivity contribution in [3.8, 4) is 11.1 Å². The molecule has 1 aliphatic carbocycles. The molecule has 0 radical (unpaired) electrons. The number of primary amides is 1. The van der Waals surface area contributed by atoms with Crippen molar-refractivity contribution in [3.63, 3.8) is 0 Å². The van der Waals surface area contributed by atoms with Gasteiger partial charge in [0.15, 0.2) is 12.5 Å². The molecule has 10 heteroatoms. The highest BCUT2D eigenvalue weighted by atomic mass is 19.1. The molecule has 2 unspecified atom stereocenters. The minimum absolute atomic E-state index is 0.0889. The van der Waals surface area contributed by atoms with Gasteiger partial charge >= 0.3 is 5.97 Å². The van der Waals surface area contributed by atoms with Crippen LogP contribution in [0.1, 0.15) is 75.4 Å². The van der Waals surface area contributed by atoms with E-state index in [0.717, 1.165) is 24.8 Å². The Hall–Kier alpha value is -3.34. The summed E-state index contributed by atoms with van der Waals surface area (Å²) in [6, 6.07) is 8.68. The third-order valence-corrected chi connectivity index (χ3v) is 8.80. The van der Waals surface area contributed by atoms with Gasteiger partial charge in [0, 0.05) is 18.0 Å². The molecule has 2 aromatic rings. The fourth-order valence-corrected chi connectivity index (χ4v) is 6.82.